The molecule has 1 rings (SSSR count). The van der Waals surface area contributed by atoms with Crippen molar-refractivity contribution in [3.8, 4) is 0 Å². The van der Waals surface area contributed by atoms with Crippen LogP contribution < -0.4 is 0 Å². The van der Waals surface area contributed by atoms with Gasteiger partial charge in [-0.25, -0.2) is 0 Å². The molecule has 2 N–H and O–H groups in total. The van der Waals surface area contributed by atoms with Gasteiger partial charge in [0.1, 0.15) is 6.79 Å². The quantitative estimate of drug-likeness (QED) is 0.0761. The van der Waals surface area contributed by atoms with E-state index in [1.165, 1.54) is 18.0 Å². The maximum atomic E-state index is 11.6. The van der Waals surface area contributed by atoms with Gasteiger partial charge in [0.15, 0.2) is 0 Å². The third-order valence-corrected chi connectivity index (χ3v) is 18.4. The number of ether oxygens (including phenoxy) is 2. The van der Waals surface area contributed by atoms with Crippen LogP contribution in [0.15, 0.2) is 21.8 Å². The summed E-state index contributed by atoms with van der Waals surface area (Å²) in [6.07, 6.45) is 5.98. The maximum absolute atomic E-state index is 11.6. The summed E-state index contributed by atoms with van der Waals surface area (Å²) in [5.74, 6) is 2.44. The van der Waals surface area contributed by atoms with Crippen molar-refractivity contribution in [2.24, 2.45) is 11.8 Å². The van der Waals surface area contributed by atoms with Gasteiger partial charge in [-0.1, -0.05) is 19.6 Å². The Bertz CT molecular complexity index is 655. The zero-order chi connectivity index (χ0) is 26.7. The van der Waals surface area contributed by atoms with Crippen LogP contribution in [0.5, 0.6) is 0 Å². The molecule has 0 aromatic rings. The molecule has 0 aromatic heterocycles. The first-order valence-corrected chi connectivity index (χ1v) is 29.0. The van der Waals surface area contributed by atoms with E-state index in [9.17, 15) is 10.2 Å². The Kier molecular flexibility index (Phi) is 15.8. The Balaban J connectivity index is 2.59. The van der Waals surface area contributed by atoms with Gasteiger partial charge in [-0.15, -0.1) is 0 Å². The molecule has 1 aliphatic heterocycles. The van der Waals surface area contributed by atoms with Crippen LogP contribution in [0.25, 0.3) is 0 Å². The van der Waals surface area contributed by atoms with Crippen molar-refractivity contribution in [3.05, 3.63) is 21.8 Å². The Labute approximate surface area is 230 Å². The Hall–Kier alpha value is 1.04. The Morgan fingerprint density at radius 3 is 2.34 bits per heavy atom. The number of aliphatic hydroxyl groups is 2. The van der Waals surface area contributed by atoms with E-state index in [-0.39, 0.29) is 16.6 Å². The van der Waals surface area contributed by atoms with Gasteiger partial charge < -0.3 is 4.74 Å². The zero-order valence-corrected chi connectivity index (χ0v) is 29.3. The third-order valence-electron chi connectivity index (χ3n) is 6.70. The fraction of sp³-hybridized carbons (Fsp3) is 0.852. The minimum atomic E-state index is -2.44. The molecule has 1 fully saturated rings. The molecule has 0 saturated carbocycles. The number of allylic oxidation sites excluding steroid dienone is 1. The minimum absolute atomic E-state index is 0.00473. The average molecular weight is 654 g/mol. The molecule has 0 aliphatic carbocycles. The molecule has 3 atom stereocenters. The molecule has 1 aliphatic rings. The average Bonchev–Trinajstić information content (AvgIpc) is 2.75. The fourth-order valence-electron chi connectivity index (χ4n) is 4.22. The molecular weight excluding hydrogens is 599 g/mol. The van der Waals surface area contributed by atoms with Gasteiger partial charge in [0.25, 0.3) is 0 Å². The van der Waals surface area contributed by atoms with Crippen LogP contribution in [-0.4, -0.2) is 85.0 Å². The van der Waals surface area contributed by atoms with E-state index in [1.54, 1.807) is 0 Å². The summed E-state index contributed by atoms with van der Waals surface area (Å²) < 4.78 is 12.2. The summed E-state index contributed by atoms with van der Waals surface area (Å²) in [7, 11) is -1.04. The van der Waals surface area contributed by atoms with E-state index in [2.05, 4.69) is 61.0 Å². The first kappa shape index (κ1) is 34.1. The fourth-order valence-corrected chi connectivity index (χ4v) is 12.6. The molecule has 4 nitrogen and oxygen atoms in total. The Morgan fingerprint density at radius 2 is 1.80 bits per heavy atom. The van der Waals surface area contributed by atoms with E-state index < -0.39 is 32.6 Å². The van der Waals surface area contributed by atoms with Gasteiger partial charge in [0.05, 0.1) is 0 Å². The van der Waals surface area contributed by atoms with Crippen molar-refractivity contribution in [3.63, 3.8) is 0 Å². The number of hydrogen-bond acceptors (Lipinski definition) is 6. The Morgan fingerprint density at radius 1 is 1.17 bits per heavy atom. The number of rotatable bonds is 17. The van der Waals surface area contributed by atoms with E-state index in [4.69, 9.17) is 9.47 Å². The molecule has 0 radical (unpaired) electrons. The summed E-state index contributed by atoms with van der Waals surface area (Å²) in [6, 6.07) is 1.17. The SMILES string of the molecule is C=[C]([C@@H](CO)[C@@H](O)C1(C[C@@H](C)CC/C=C(\C)COCOCC[Si](C)(C)C)SCCCS1)[Sn]([CH3])([CH3])[CH3]. The summed E-state index contributed by atoms with van der Waals surface area (Å²) in [5.41, 5.74) is 1.25. The van der Waals surface area contributed by atoms with Crippen molar-refractivity contribution in [1.29, 1.82) is 0 Å². The van der Waals surface area contributed by atoms with Gasteiger partial charge in [-0.3, -0.25) is 0 Å². The number of thioether (sulfide) groups is 2. The van der Waals surface area contributed by atoms with Crippen LogP contribution in [-0.2, 0) is 9.47 Å². The van der Waals surface area contributed by atoms with E-state index in [1.807, 2.05) is 23.5 Å². The monoisotopic (exact) mass is 654 g/mol. The summed E-state index contributed by atoms with van der Waals surface area (Å²) >= 11 is 1.39. The van der Waals surface area contributed by atoms with Crippen LogP contribution in [0.3, 0.4) is 0 Å². The van der Waals surface area contributed by atoms with Crippen LogP contribution in [0.1, 0.15) is 39.5 Å². The van der Waals surface area contributed by atoms with Crippen LogP contribution >= 0.6 is 23.5 Å². The topological polar surface area (TPSA) is 58.9 Å². The van der Waals surface area contributed by atoms with Crippen molar-refractivity contribution in [2.45, 2.75) is 90.2 Å². The normalized spacial score (nSPS) is 19.9. The molecule has 35 heavy (non-hydrogen) atoms. The third kappa shape index (κ3) is 13.1. The van der Waals surface area contributed by atoms with Gasteiger partial charge in [0, 0.05) is 14.7 Å². The van der Waals surface area contributed by atoms with Gasteiger partial charge >= 0.3 is 180 Å². The predicted molar refractivity (Wildman–Crippen MR) is 163 cm³/mol. The van der Waals surface area contributed by atoms with Crippen molar-refractivity contribution in [2.75, 3.05) is 38.1 Å². The predicted octanol–water partition coefficient (Wildman–Crippen LogP) is 7.04. The molecule has 0 aromatic carbocycles. The molecule has 1 heterocycles. The summed E-state index contributed by atoms with van der Waals surface area (Å²) in [4.78, 5) is 6.96. The second kappa shape index (κ2) is 16.2. The van der Waals surface area contributed by atoms with Crippen molar-refractivity contribution in [1.82, 2.24) is 0 Å². The van der Waals surface area contributed by atoms with Crippen molar-refractivity contribution >= 4 is 50.0 Å². The molecule has 8 heteroatoms. The zero-order valence-electron chi connectivity index (χ0n) is 23.8. The van der Waals surface area contributed by atoms with Crippen LogP contribution in [0.4, 0.5) is 0 Å². The van der Waals surface area contributed by atoms with E-state index >= 15 is 0 Å². The number of aliphatic hydroxyl groups excluding tert-OH is 2. The summed E-state index contributed by atoms with van der Waals surface area (Å²) in [6.45, 7) is 17.7. The molecule has 1 saturated heterocycles. The van der Waals surface area contributed by atoms with Crippen LogP contribution in [0, 0.1) is 11.8 Å². The van der Waals surface area contributed by atoms with Gasteiger partial charge in [-0.05, 0) is 6.04 Å². The van der Waals surface area contributed by atoms with Gasteiger partial charge in [-0.2, -0.15) is 0 Å². The molecule has 0 spiro atoms. The van der Waals surface area contributed by atoms with E-state index in [0.717, 1.165) is 41.0 Å². The molecule has 206 valence electrons. The second-order valence-electron chi connectivity index (χ2n) is 12.5. The van der Waals surface area contributed by atoms with Gasteiger partial charge in [0.2, 0.25) is 0 Å². The first-order valence-electron chi connectivity index (χ1n) is 13.3. The molecule has 0 bridgehead atoms. The standard InChI is InChI=1S/C24H45O4S2Si.3CH3.Sn/c1-7-22(17-25)23(26)24(29-13-9-14-30-24)16-20(2)10-8-11-21(3)18-28-19-27-12-15-31(4,5)6;;;;/h11,20,22-23,25-26H,1,8-10,12-19H2,2-6H3;3*1H3;/b21-11+;;;;/t20-,22-,23+;;;;/m0..../s1. The number of hydrogen-bond donors (Lipinski definition) is 2. The second-order valence-corrected chi connectivity index (χ2v) is 35.9. The van der Waals surface area contributed by atoms with E-state index in [0.29, 0.717) is 19.3 Å². The first-order chi connectivity index (χ1) is 16.2. The molecular formula is C27H54O4S2SiSn. The molecule has 0 unspecified atom stereocenters. The summed E-state index contributed by atoms with van der Waals surface area (Å²) in [5, 5.41) is 21.9. The van der Waals surface area contributed by atoms with Crippen LogP contribution in [0.2, 0.25) is 40.5 Å². The molecule has 0 amide bonds. The van der Waals surface area contributed by atoms with Crippen molar-refractivity contribution < 1.29 is 19.7 Å².